The fourth-order valence-electron chi connectivity index (χ4n) is 2.94. The first kappa shape index (κ1) is 19.8. The summed E-state index contributed by atoms with van der Waals surface area (Å²) in [5, 5.41) is 0. The Morgan fingerprint density at radius 1 is 1.04 bits per heavy atom. The molecule has 26 heavy (non-hydrogen) atoms. The third kappa shape index (κ3) is 5.76. The SMILES string of the molecule is C=C(C)C(=O)OCCCCCN(c1ccccc1)c1ccc(C)cc1C. The molecule has 0 unspecified atom stereocenters. The van der Waals surface area contributed by atoms with Crippen molar-refractivity contribution < 1.29 is 9.53 Å². The van der Waals surface area contributed by atoms with Crippen molar-refractivity contribution in [3.8, 4) is 0 Å². The molecule has 0 heterocycles. The van der Waals surface area contributed by atoms with E-state index in [4.69, 9.17) is 4.74 Å². The molecule has 0 aliphatic heterocycles. The van der Waals surface area contributed by atoms with Gasteiger partial charge in [-0.1, -0.05) is 42.5 Å². The molecule has 0 atom stereocenters. The highest BCUT2D eigenvalue weighted by molar-refractivity contribution is 5.86. The predicted molar refractivity (Wildman–Crippen MR) is 109 cm³/mol. The minimum atomic E-state index is -0.300. The standard InChI is InChI=1S/C23H29NO2/c1-18(2)23(25)26-16-10-6-9-15-24(21-11-7-5-8-12-21)22-14-13-19(3)17-20(22)4/h5,7-8,11-14,17H,1,6,9-10,15-16H2,2-4H3. The molecule has 0 aliphatic rings. The summed E-state index contributed by atoms with van der Waals surface area (Å²) in [5.41, 5.74) is 5.46. The van der Waals surface area contributed by atoms with Crippen LogP contribution in [0.25, 0.3) is 0 Å². The maximum atomic E-state index is 11.4. The second kappa shape index (κ2) is 9.81. The molecular weight excluding hydrogens is 322 g/mol. The van der Waals surface area contributed by atoms with Gasteiger partial charge < -0.3 is 9.64 Å². The van der Waals surface area contributed by atoms with E-state index in [0.29, 0.717) is 12.2 Å². The Kier molecular flexibility index (Phi) is 7.46. The molecule has 0 saturated heterocycles. The molecular formula is C23H29NO2. The van der Waals surface area contributed by atoms with Gasteiger partial charge in [-0.05, 0) is 63.8 Å². The van der Waals surface area contributed by atoms with Crippen LogP contribution < -0.4 is 4.90 Å². The fraction of sp³-hybridized carbons (Fsp3) is 0.348. The Morgan fingerprint density at radius 3 is 2.42 bits per heavy atom. The maximum Gasteiger partial charge on any atom is 0.333 e. The Bertz CT molecular complexity index is 737. The molecule has 0 aromatic heterocycles. The van der Waals surface area contributed by atoms with Crippen molar-refractivity contribution in [1.82, 2.24) is 0 Å². The largest absolute Gasteiger partial charge is 0.462 e. The molecule has 3 nitrogen and oxygen atoms in total. The fourth-order valence-corrected chi connectivity index (χ4v) is 2.94. The maximum absolute atomic E-state index is 11.4. The molecule has 0 radical (unpaired) electrons. The monoisotopic (exact) mass is 351 g/mol. The van der Waals surface area contributed by atoms with Crippen molar-refractivity contribution >= 4 is 17.3 Å². The third-order valence-corrected chi connectivity index (χ3v) is 4.32. The minimum Gasteiger partial charge on any atom is -0.462 e. The van der Waals surface area contributed by atoms with Gasteiger partial charge in [0.05, 0.1) is 6.61 Å². The molecule has 0 saturated carbocycles. The van der Waals surface area contributed by atoms with Crippen LogP contribution in [0, 0.1) is 13.8 Å². The highest BCUT2D eigenvalue weighted by atomic mass is 16.5. The number of carbonyl (C=O) groups is 1. The van der Waals surface area contributed by atoms with Crippen LogP contribution in [0.5, 0.6) is 0 Å². The zero-order valence-electron chi connectivity index (χ0n) is 16.1. The van der Waals surface area contributed by atoms with Crippen LogP contribution in [-0.2, 0) is 9.53 Å². The predicted octanol–water partition coefficient (Wildman–Crippen LogP) is 5.73. The lowest BCUT2D eigenvalue weighted by Crippen LogP contribution is -2.19. The summed E-state index contributed by atoms with van der Waals surface area (Å²) < 4.78 is 5.16. The Balaban J connectivity index is 1.96. The van der Waals surface area contributed by atoms with Gasteiger partial charge in [0.1, 0.15) is 0 Å². The van der Waals surface area contributed by atoms with Gasteiger partial charge in [-0.25, -0.2) is 4.79 Å². The summed E-state index contributed by atoms with van der Waals surface area (Å²) >= 11 is 0. The van der Waals surface area contributed by atoms with E-state index >= 15 is 0 Å². The van der Waals surface area contributed by atoms with Crippen LogP contribution >= 0.6 is 0 Å². The molecule has 3 heteroatoms. The lowest BCUT2D eigenvalue weighted by Gasteiger charge is -2.27. The minimum absolute atomic E-state index is 0.300. The number of hydrogen-bond acceptors (Lipinski definition) is 3. The summed E-state index contributed by atoms with van der Waals surface area (Å²) in [4.78, 5) is 13.8. The van der Waals surface area contributed by atoms with E-state index in [1.54, 1.807) is 6.92 Å². The molecule has 138 valence electrons. The average molecular weight is 351 g/mol. The molecule has 0 spiro atoms. The Morgan fingerprint density at radius 2 is 1.77 bits per heavy atom. The van der Waals surface area contributed by atoms with Crippen LogP contribution in [0.2, 0.25) is 0 Å². The molecule has 0 amide bonds. The molecule has 0 bridgehead atoms. The van der Waals surface area contributed by atoms with Crippen LogP contribution in [0.3, 0.4) is 0 Å². The molecule has 2 rings (SSSR count). The zero-order chi connectivity index (χ0) is 18.9. The van der Waals surface area contributed by atoms with Gasteiger partial charge >= 0.3 is 5.97 Å². The van der Waals surface area contributed by atoms with E-state index in [-0.39, 0.29) is 5.97 Å². The molecule has 2 aromatic rings. The van der Waals surface area contributed by atoms with E-state index in [1.807, 2.05) is 6.07 Å². The normalized spacial score (nSPS) is 10.4. The van der Waals surface area contributed by atoms with Crippen molar-refractivity contribution in [1.29, 1.82) is 0 Å². The summed E-state index contributed by atoms with van der Waals surface area (Å²) in [6.45, 7) is 10.9. The Labute approximate surface area is 157 Å². The van der Waals surface area contributed by atoms with Gasteiger partial charge in [-0.3, -0.25) is 0 Å². The number of nitrogens with zero attached hydrogens (tertiary/aromatic N) is 1. The number of anilines is 2. The number of carbonyl (C=O) groups excluding carboxylic acids is 1. The highest BCUT2D eigenvalue weighted by Gasteiger charge is 2.11. The third-order valence-electron chi connectivity index (χ3n) is 4.32. The van der Waals surface area contributed by atoms with Crippen molar-refractivity contribution in [2.45, 2.75) is 40.0 Å². The lowest BCUT2D eigenvalue weighted by molar-refractivity contribution is -0.139. The van der Waals surface area contributed by atoms with Crippen molar-refractivity contribution in [3.05, 3.63) is 71.8 Å². The van der Waals surface area contributed by atoms with E-state index < -0.39 is 0 Å². The van der Waals surface area contributed by atoms with Crippen molar-refractivity contribution in [3.63, 3.8) is 0 Å². The number of aryl methyl sites for hydroxylation is 2. The van der Waals surface area contributed by atoms with Gasteiger partial charge in [0.25, 0.3) is 0 Å². The number of ether oxygens (including phenoxy) is 1. The van der Waals surface area contributed by atoms with E-state index in [2.05, 4.69) is 67.8 Å². The highest BCUT2D eigenvalue weighted by Crippen LogP contribution is 2.29. The summed E-state index contributed by atoms with van der Waals surface area (Å²) in [5.74, 6) is -0.300. The van der Waals surface area contributed by atoms with Crippen molar-refractivity contribution in [2.75, 3.05) is 18.1 Å². The lowest BCUT2D eigenvalue weighted by atomic mass is 10.1. The second-order valence-electron chi connectivity index (χ2n) is 6.75. The van der Waals surface area contributed by atoms with Crippen LogP contribution in [-0.4, -0.2) is 19.1 Å². The molecule has 0 aliphatic carbocycles. The number of benzene rings is 2. The first-order valence-corrected chi connectivity index (χ1v) is 9.21. The summed E-state index contributed by atoms with van der Waals surface area (Å²) in [7, 11) is 0. The number of para-hydroxylation sites is 1. The van der Waals surface area contributed by atoms with E-state index in [1.165, 1.54) is 22.5 Å². The molecule has 2 aromatic carbocycles. The van der Waals surface area contributed by atoms with E-state index in [9.17, 15) is 4.79 Å². The van der Waals surface area contributed by atoms with E-state index in [0.717, 1.165) is 25.8 Å². The van der Waals surface area contributed by atoms with Gasteiger partial charge in [0.15, 0.2) is 0 Å². The molecule has 0 fully saturated rings. The van der Waals surface area contributed by atoms with Crippen LogP contribution in [0.15, 0.2) is 60.7 Å². The second-order valence-corrected chi connectivity index (χ2v) is 6.75. The van der Waals surface area contributed by atoms with Crippen LogP contribution in [0.1, 0.15) is 37.3 Å². The van der Waals surface area contributed by atoms with Gasteiger partial charge in [0.2, 0.25) is 0 Å². The average Bonchev–Trinajstić information content (AvgIpc) is 2.62. The Hall–Kier alpha value is -2.55. The van der Waals surface area contributed by atoms with Gasteiger partial charge in [-0.2, -0.15) is 0 Å². The number of unbranched alkanes of at least 4 members (excludes halogenated alkanes) is 2. The van der Waals surface area contributed by atoms with Crippen LogP contribution in [0.4, 0.5) is 11.4 Å². The smallest absolute Gasteiger partial charge is 0.333 e. The first-order chi connectivity index (χ1) is 12.5. The summed E-state index contributed by atoms with van der Waals surface area (Å²) in [6.07, 6.45) is 2.92. The number of hydrogen-bond donors (Lipinski definition) is 0. The van der Waals surface area contributed by atoms with Crippen molar-refractivity contribution in [2.24, 2.45) is 0 Å². The quantitative estimate of drug-likeness (QED) is 0.328. The number of rotatable bonds is 9. The first-order valence-electron chi connectivity index (χ1n) is 9.21. The topological polar surface area (TPSA) is 29.5 Å². The summed E-state index contributed by atoms with van der Waals surface area (Å²) in [6, 6.07) is 17.1. The zero-order valence-corrected chi connectivity index (χ0v) is 16.1. The number of esters is 1. The van der Waals surface area contributed by atoms with Gasteiger partial charge in [-0.15, -0.1) is 0 Å². The molecule has 0 N–H and O–H groups in total. The van der Waals surface area contributed by atoms with Gasteiger partial charge in [0, 0.05) is 23.5 Å².